The number of anilines is 2. The van der Waals surface area contributed by atoms with Gasteiger partial charge in [-0.15, -0.1) is 0 Å². The van der Waals surface area contributed by atoms with E-state index in [1.54, 1.807) is 18.2 Å². The molecule has 0 aliphatic carbocycles. The summed E-state index contributed by atoms with van der Waals surface area (Å²) in [6.45, 7) is 0.395. The van der Waals surface area contributed by atoms with Crippen LogP contribution in [0.4, 0.5) is 11.4 Å². The summed E-state index contributed by atoms with van der Waals surface area (Å²) in [7, 11) is 0. The molecule has 0 amide bonds. The molecule has 0 heterocycles. The number of benzene rings is 1. The Kier molecular flexibility index (Phi) is 4.20. The highest BCUT2D eigenvalue weighted by Crippen LogP contribution is 2.23. The predicted octanol–water partition coefficient (Wildman–Crippen LogP) is 0.321. The molecular weight excluding hydrogens is 196 g/mol. The van der Waals surface area contributed by atoms with E-state index in [1.165, 1.54) is 0 Å². The molecule has 0 atom stereocenters. The standard InChI is InChI=1S/C10H16N2O3/c11-7-3-4-9(8(12)6-7)15-5-1-2-10(13)14/h3-4,6,10,13-14H,1-2,5,11-12H2. The van der Waals surface area contributed by atoms with Crippen LogP contribution < -0.4 is 16.2 Å². The maximum Gasteiger partial charge on any atom is 0.151 e. The molecule has 5 heteroatoms. The lowest BCUT2D eigenvalue weighted by Gasteiger charge is -2.09. The van der Waals surface area contributed by atoms with Crippen molar-refractivity contribution in [1.29, 1.82) is 0 Å². The first-order valence-electron chi connectivity index (χ1n) is 4.73. The summed E-state index contributed by atoms with van der Waals surface area (Å²) >= 11 is 0. The lowest BCUT2D eigenvalue weighted by Crippen LogP contribution is -2.07. The van der Waals surface area contributed by atoms with Crippen molar-refractivity contribution in [2.75, 3.05) is 18.1 Å². The number of ether oxygens (including phenoxy) is 1. The van der Waals surface area contributed by atoms with E-state index in [-0.39, 0.29) is 6.42 Å². The lowest BCUT2D eigenvalue weighted by molar-refractivity contribution is -0.0479. The Bertz CT molecular complexity index is 316. The van der Waals surface area contributed by atoms with Crippen molar-refractivity contribution in [2.45, 2.75) is 19.1 Å². The van der Waals surface area contributed by atoms with Gasteiger partial charge >= 0.3 is 0 Å². The van der Waals surface area contributed by atoms with Gasteiger partial charge in [0.25, 0.3) is 0 Å². The van der Waals surface area contributed by atoms with Crippen LogP contribution in [0.5, 0.6) is 5.75 Å². The van der Waals surface area contributed by atoms with E-state index in [0.717, 1.165) is 0 Å². The number of aliphatic hydroxyl groups is 2. The lowest BCUT2D eigenvalue weighted by atomic mass is 10.2. The Morgan fingerprint density at radius 1 is 1.27 bits per heavy atom. The minimum absolute atomic E-state index is 0.287. The second kappa shape index (κ2) is 5.43. The highest BCUT2D eigenvalue weighted by molar-refractivity contribution is 5.60. The first kappa shape index (κ1) is 11.6. The fraction of sp³-hybridized carbons (Fsp3) is 0.400. The summed E-state index contributed by atoms with van der Waals surface area (Å²) < 4.78 is 5.34. The zero-order chi connectivity index (χ0) is 11.3. The monoisotopic (exact) mass is 212 g/mol. The molecule has 1 aromatic carbocycles. The molecule has 5 nitrogen and oxygen atoms in total. The van der Waals surface area contributed by atoms with E-state index in [1.807, 2.05) is 0 Å². The second-order valence-electron chi connectivity index (χ2n) is 3.27. The minimum atomic E-state index is -1.28. The van der Waals surface area contributed by atoms with Gasteiger partial charge in [-0.1, -0.05) is 0 Å². The molecule has 6 N–H and O–H groups in total. The van der Waals surface area contributed by atoms with Gasteiger partial charge in [0.2, 0.25) is 0 Å². The van der Waals surface area contributed by atoms with E-state index < -0.39 is 6.29 Å². The molecule has 0 aromatic heterocycles. The Morgan fingerprint density at radius 3 is 2.60 bits per heavy atom. The largest absolute Gasteiger partial charge is 0.491 e. The Labute approximate surface area is 88.3 Å². The summed E-state index contributed by atoms with van der Waals surface area (Å²) in [4.78, 5) is 0. The Morgan fingerprint density at radius 2 is 2.00 bits per heavy atom. The number of hydrogen-bond acceptors (Lipinski definition) is 5. The molecule has 0 saturated heterocycles. The summed E-state index contributed by atoms with van der Waals surface area (Å²) in [5.74, 6) is 0.566. The quantitative estimate of drug-likeness (QED) is 0.320. The molecule has 15 heavy (non-hydrogen) atoms. The van der Waals surface area contributed by atoms with Crippen LogP contribution in [-0.4, -0.2) is 23.1 Å². The van der Waals surface area contributed by atoms with Gasteiger partial charge in [0.1, 0.15) is 5.75 Å². The van der Waals surface area contributed by atoms with Crippen molar-refractivity contribution < 1.29 is 14.9 Å². The highest BCUT2D eigenvalue weighted by atomic mass is 16.5. The van der Waals surface area contributed by atoms with Crippen LogP contribution in [0.2, 0.25) is 0 Å². The molecule has 0 spiro atoms. The average molecular weight is 212 g/mol. The molecule has 0 fully saturated rings. The molecule has 0 radical (unpaired) electrons. The average Bonchev–Trinajstić information content (AvgIpc) is 2.14. The van der Waals surface area contributed by atoms with Gasteiger partial charge in [-0.05, 0) is 24.6 Å². The van der Waals surface area contributed by atoms with Crippen LogP contribution in [-0.2, 0) is 0 Å². The molecule has 0 aliphatic rings. The van der Waals surface area contributed by atoms with Crippen molar-refractivity contribution in [3.05, 3.63) is 18.2 Å². The van der Waals surface area contributed by atoms with Gasteiger partial charge in [0.15, 0.2) is 6.29 Å². The van der Waals surface area contributed by atoms with Crippen molar-refractivity contribution >= 4 is 11.4 Å². The molecular formula is C10H16N2O3. The SMILES string of the molecule is Nc1ccc(OCCCC(O)O)c(N)c1. The van der Waals surface area contributed by atoms with E-state index in [9.17, 15) is 0 Å². The number of nitrogen functional groups attached to an aromatic ring is 2. The van der Waals surface area contributed by atoms with Crippen molar-refractivity contribution in [3.8, 4) is 5.75 Å². The molecule has 0 bridgehead atoms. The van der Waals surface area contributed by atoms with E-state index in [4.69, 9.17) is 26.4 Å². The van der Waals surface area contributed by atoms with Crippen LogP contribution in [0.3, 0.4) is 0 Å². The zero-order valence-electron chi connectivity index (χ0n) is 8.39. The van der Waals surface area contributed by atoms with Gasteiger partial charge in [-0.25, -0.2) is 0 Å². The highest BCUT2D eigenvalue weighted by Gasteiger charge is 2.01. The zero-order valence-corrected chi connectivity index (χ0v) is 8.39. The number of hydrogen-bond donors (Lipinski definition) is 4. The smallest absolute Gasteiger partial charge is 0.151 e. The first-order valence-corrected chi connectivity index (χ1v) is 4.73. The molecule has 0 aliphatic heterocycles. The maximum absolute atomic E-state index is 8.60. The van der Waals surface area contributed by atoms with Gasteiger partial charge in [0, 0.05) is 12.1 Å². The van der Waals surface area contributed by atoms with Crippen LogP contribution in [0.15, 0.2) is 18.2 Å². The van der Waals surface area contributed by atoms with E-state index in [0.29, 0.717) is 30.2 Å². The fourth-order valence-corrected chi connectivity index (χ4v) is 1.15. The van der Waals surface area contributed by atoms with Crippen LogP contribution >= 0.6 is 0 Å². The van der Waals surface area contributed by atoms with Gasteiger partial charge < -0.3 is 26.4 Å². The molecule has 0 unspecified atom stereocenters. The van der Waals surface area contributed by atoms with Gasteiger partial charge in [-0.2, -0.15) is 0 Å². The molecule has 1 rings (SSSR count). The van der Waals surface area contributed by atoms with Crippen LogP contribution in [0, 0.1) is 0 Å². The number of aliphatic hydroxyl groups excluding tert-OH is 1. The third kappa shape index (κ3) is 4.05. The van der Waals surface area contributed by atoms with Gasteiger partial charge in [-0.3, -0.25) is 0 Å². The van der Waals surface area contributed by atoms with Crippen molar-refractivity contribution in [2.24, 2.45) is 0 Å². The number of nitrogens with two attached hydrogens (primary N) is 2. The molecule has 1 aromatic rings. The van der Waals surface area contributed by atoms with E-state index in [2.05, 4.69) is 0 Å². The number of rotatable bonds is 5. The third-order valence-corrected chi connectivity index (χ3v) is 1.90. The first-order chi connectivity index (χ1) is 7.09. The summed E-state index contributed by atoms with van der Waals surface area (Å²) in [5, 5.41) is 17.2. The summed E-state index contributed by atoms with van der Waals surface area (Å²) in [5.41, 5.74) is 12.3. The third-order valence-electron chi connectivity index (χ3n) is 1.90. The fourth-order valence-electron chi connectivity index (χ4n) is 1.15. The summed E-state index contributed by atoms with van der Waals surface area (Å²) in [6, 6.07) is 5.02. The maximum atomic E-state index is 8.60. The van der Waals surface area contributed by atoms with Gasteiger partial charge in [0.05, 0.1) is 12.3 Å². The Balaban J connectivity index is 2.37. The van der Waals surface area contributed by atoms with E-state index >= 15 is 0 Å². The summed E-state index contributed by atoms with van der Waals surface area (Å²) in [6.07, 6.45) is -0.437. The van der Waals surface area contributed by atoms with Crippen LogP contribution in [0.25, 0.3) is 0 Å². The van der Waals surface area contributed by atoms with Crippen LogP contribution in [0.1, 0.15) is 12.8 Å². The van der Waals surface area contributed by atoms with Crippen molar-refractivity contribution in [3.63, 3.8) is 0 Å². The second-order valence-corrected chi connectivity index (χ2v) is 3.27. The topological polar surface area (TPSA) is 102 Å². The predicted molar refractivity (Wildman–Crippen MR) is 58.2 cm³/mol. The Hall–Kier alpha value is -1.46. The molecule has 0 saturated carbocycles. The van der Waals surface area contributed by atoms with Crippen molar-refractivity contribution in [1.82, 2.24) is 0 Å². The normalized spacial score (nSPS) is 10.6. The molecule has 84 valence electrons. The minimum Gasteiger partial charge on any atom is -0.491 e.